The molecule has 1 atom stereocenters. The second-order valence-corrected chi connectivity index (χ2v) is 4.93. The summed E-state index contributed by atoms with van der Waals surface area (Å²) in [5.41, 5.74) is 1.13. The van der Waals surface area contributed by atoms with Crippen molar-refractivity contribution in [2.45, 2.75) is 19.5 Å². The highest BCUT2D eigenvalue weighted by atomic mass is 19.1. The van der Waals surface area contributed by atoms with Crippen LogP contribution in [0, 0.1) is 5.82 Å². The van der Waals surface area contributed by atoms with Gasteiger partial charge in [-0.25, -0.2) is 4.39 Å². The van der Waals surface area contributed by atoms with Gasteiger partial charge in [0.05, 0.1) is 0 Å². The fourth-order valence-corrected chi connectivity index (χ4v) is 2.41. The average molecular weight is 262 g/mol. The molecule has 0 aliphatic carbocycles. The zero-order chi connectivity index (χ0) is 13.7. The van der Waals surface area contributed by atoms with Gasteiger partial charge in [-0.2, -0.15) is 0 Å². The van der Waals surface area contributed by atoms with Gasteiger partial charge in [-0.3, -0.25) is 9.69 Å². The van der Waals surface area contributed by atoms with Gasteiger partial charge in [0.25, 0.3) is 0 Å². The van der Waals surface area contributed by atoms with Crippen molar-refractivity contribution in [3.8, 4) is 0 Å². The van der Waals surface area contributed by atoms with Crippen molar-refractivity contribution >= 4 is 6.29 Å². The first-order valence-corrected chi connectivity index (χ1v) is 6.53. The van der Waals surface area contributed by atoms with E-state index in [0.717, 1.165) is 38.0 Å². The van der Waals surface area contributed by atoms with Gasteiger partial charge in [0.1, 0.15) is 12.1 Å². The Kier molecular flexibility index (Phi) is 4.68. The maximum absolute atomic E-state index is 12.8. The number of nitrogens with zero attached hydrogens (tertiary/aromatic N) is 2. The molecular formula is C15H19FN2O. The third-order valence-electron chi connectivity index (χ3n) is 3.44. The Balaban J connectivity index is 1.89. The highest BCUT2D eigenvalue weighted by Crippen LogP contribution is 2.13. The molecule has 1 heterocycles. The molecule has 19 heavy (non-hydrogen) atoms. The van der Waals surface area contributed by atoms with Crippen LogP contribution in [0.1, 0.15) is 12.5 Å². The van der Waals surface area contributed by atoms with E-state index in [-0.39, 0.29) is 5.82 Å². The lowest BCUT2D eigenvalue weighted by molar-refractivity contribution is -0.104. The van der Waals surface area contributed by atoms with Crippen molar-refractivity contribution in [1.82, 2.24) is 9.80 Å². The maximum Gasteiger partial charge on any atom is 0.144 e. The summed E-state index contributed by atoms with van der Waals surface area (Å²) in [5.74, 6) is -0.194. The van der Waals surface area contributed by atoms with Crippen LogP contribution in [0.2, 0.25) is 0 Å². The van der Waals surface area contributed by atoms with Crippen molar-refractivity contribution < 1.29 is 9.18 Å². The molecule has 0 bridgehead atoms. The van der Waals surface area contributed by atoms with E-state index in [9.17, 15) is 9.18 Å². The Hall–Kier alpha value is -1.68. The molecule has 1 saturated heterocycles. The first-order chi connectivity index (χ1) is 9.19. The van der Waals surface area contributed by atoms with Crippen LogP contribution in [-0.4, -0.2) is 41.8 Å². The van der Waals surface area contributed by atoms with E-state index >= 15 is 0 Å². The monoisotopic (exact) mass is 262 g/mol. The SMILES string of the molecule is C[C@@H]1CN(Cc2ccc(F)cc2)CCN1C=CC=O. The standard InChI is InChI=1S/C15H19FN2O/c1-13-11-17(8-9-18(13)7-2-10-19)12-14-3-5-15(16)6-4-14/h2-7,10,13H,8-9,11-12H2,1H3/t13-/m1/s1. The maximum atomic E-state index is 12.8. The van der Waals surface area contributed by atoms with E-state index in [1.54, 1.807) is 0 Å². The third-order valence-corrected chi connectivity index (χ3v) is 3.44. The number of hydrogen-bond donors (Lipinski definition) is 0. The summed E-state index contributed by atoms with van der Waals surface area (Å²) >= 11 is 0. The summed E-state index contributed by atoms with van der Waals surface area (Å²) in [5, 5.41) is 0. The van der Waals surface area contributed by atoms with Gasteiger partial charge in [-0.1, -0.05) is 12.1 Å². The van der Waals surface area contributed by atoms with Gasteiger partial charge in [0.15, 0.2) is 0 Å². The Morgan fingerprint density at radius 2 is 2.05 bits per heavy atom. The number of piperazine rings is 1. The minimum Gasteiger partial charge on any atom is -0.372 e. The van der Waals surface area contributed by atoms with Crippen LogP contribution in [0.5, 0.6) is 0 Å². The van der Waals surface area contributed by atoms with Crippen molar-refractivity contribution in [3.05, 3.63) is 47.9 Å². The number of rotatable bonds is 4. The lowest BCUT2D eigenvalue weighted by Gasteiger charge is -2.39. The van der Waals surface area contributed by atoms with E-state index < -0.39 is 0 Å². The van der Waals surface area contributed by atoms with E-state index in [1.165, 1.54) is 18.2 Å². The van der Waals surface area contributed by atoms with Gasteiger partial charge in [0, 0.05) is 38.4 Å². The van der Waals surface area contributed by atoms with Crippen LogP contribution in [-0.2, 0) is 11.3 Å². The first kappa shape index (κ1) is 13.7. The fraction of sp³-hybridized carbons (Fsp3) is 0.400. The number of aldehydes is 1. The minimum absolute atomic E-state index is 0.194. The molecule has 1 aliphatic heterocycles. The number of hydrogen-bond acceptors (Lipinski definition) is 3. The summed E-state index contributed by atoms with van der Waals surface area (Å²) in [6.07, 6.45) is 4.19. The van der Waals surface area contributed by atoms with Gasteiger partial charge >= 0.3 is 0 Å². The number of carbonyl (C=O) groups is 1. The highest BCUT2D eigenvalue weighted by Gasteiger charge is 2.21. The summed E-state index contributed by atoms with van der Waals surface area (Å²) in [6.45, 7) is 5.79. The normalized spacial score (nSPS) is 20.9. The minimum atomic E-state index is -0.194. The van der Waals surface area contributed by atoms with Crippen LogP contribution in [0.25, 0.3) is 0 Å². The number of allylic oxidation sites excluding steroid dienone is 1. The topological polar surface area (TPSA) is 23.6 Å². The molecule has 1 fully saturated rings. The van der Waals surface area contributed by atoms with Crippen molar-refractivity contribution in [3.63, 3.8) is 0 Å². The van der Waals surface area contributed by atoms with E-state index in [0.29, 0.717) is 6.04 Å². The summed E-state index contributed by atoms with van der Waals surface area (Å²) in [6, 6.07) is 7.05. The molecule has 1 aliphatic rings. The lowest BCUT2D eigenvalue weighted by Crippen LogP contribution is -2.49. The quantitative estimate of drug-likeness (QED) is 0.613. The molecule has 0 amide bonds. The molecule has 0 unspecified atom stereocenters. The average Bonchev–Trinajstić information content (AvgIpc) is 2.41. The van der Waals surface area contributed by atoms with Gasteiger partial charge in [0.2, 0.25) is 0 Å². The highest BCUT2D eigenvalue weighted by molar-refractivity contribution is 5.64. The van der Waals surface area contributed by atoms with E-state index in [1.807, 2.05) is 18.3 Å². The van der Waals surface area contributed by atoms with Crippen LogP contribution < -0.4 is 0 Å². The van der Waals surface area contributed by atoms with Crippen LogP contribution in [0.3, 0.4) is 0 Å². The van der Waals surface area contributed by atoms with E-state index in [2.05, 4.69) is 16.7 Å². The van der Waals surface area contributed by atoms with Crippen LogP contribution >= 0.6 is 0 Å². The zero-order valence-corrected chi connectivity index (χ0v) is 11.1. The van der Waals surface area contributed by atoms with Gasteiger partial charge in [-0.15, -0.1) is 0 Å². The molecule has 3 nitrogen and oxygen atoms in total. The molecule has 102 valence electrons. The van der Waals surface area contributed by atoms with Gasteiger partial charge < -0.3 is 4.90 Å². The summed E-state index contributed by atoms with van der Waals surface area (Å²) in [7, 11) is 0. The van der Waals surface area contributed by atoms with Gasteiger partial charge in [-0.05, 0) is 30.7 Å². The molecule has 4 heteroatoms. The Labute approximate surface area is 113 Å². The lowest BCUT2D eigenvalue weighted by atomic mass is 10.1. The molecule has 0 N–H and O–H groups in total. The second kappa shape index (κ2) is 6.48. The van der Waals surface area contributed by atoms with E-state index in [4.69, 9.17) is 0 Å². The van der Waals surface area contributed by atoms with Crippen molar-refractivity contribution in [2.24, 2.45) is 0 Å². The summed E-state index contributed by atoms with van der Waals surface area (Å²) < 4.78 is 12.8. The molecule has 0 spiro atoms. The fourth-order valence-electron chi connectivity index (χ4n) is 2.41. The second-order valence-electron chi connectivity index (χ2n) is 4.93. The number of benzene rings is 1. The molecule has 1 aromatic rings. The largest absolute Gasteiger partial charge is 0.372 e. The molecule has 0 saturated carbocycles. The zero-order valence-electron chi connectivity index (χ0n) is 11.1. The predicted octanol–water partition coefficient (Wildman–Crippen LogP) is 2.04. The number of halogens is 1. The Morgan fingerprint density at radius 1 is 1.32 bits per heavy atom. The van der Waals surface area contributed by atoms with Crippen molar-refractivity contribution in [1.29, 1.82) is 0 Å². The first-order valence-electron chi connectivity index (χ1n) is 6.53. The van der Waals surface area contributed by atoms with Crippen molar-refractivity contribution in [2.75, 3.05) is 19.6 Å². The smallest absolute Gasteiger partial charge is 0.144 e. The predicted molar refractivity (Wildman–Crippen MR) is 73.0 cm³/mol. The Morgan fingerprint density at radius 3 is 2.68 bits per heavy atom. The molecule has 0 radical (unpaired) electrons. The molecule has 0 aromatic heterocycles. The molecule has 2 rings (SSSR count). The molecular weight excluding hydrogens is 243 g/mol. The summed E-state index contributed by atoms with van der Waals surface area (Å²) in [4.78, 5) is 14.9. The van der Waals surface area contributed by atoms with Crippen LogP contribution in [0.15, 0.2) is 36.5 Å². The number of carbonyl (C=O) groups excluding carboxylic acids is 1. The molecule has 1 aromatic carbocycles. The Bertz CT molecular complexity index is 444. The van der Waals surface area contributed by atoms with Crippen LogP contribution in [0.4, 0.5) is 4.39 Å². The third kappa shape index (κ3) is 3.89.